The Morgan fingerprint density at radius 3 is 2.74 bits per heavy atom. The third-order valence-electron chi connectivity index (χ3n) is 3.22. The van der Waals surface area contributed by atoms with E-state index in [1.54, 1.807) is 6.07 Å². The molecular weight excluding hydrogens is 262 g/mol. The Labute approximate surface area is 120 Å². The summed E-state index contributed by atoms with van der Waals surface area (Å²) in [6.07, 6.45) is 2.64. The molecule has 106 valence electrons. The van der Waals surface area contributed by atoms with Crippen molar-refractivity contribution in [2.75, 3.05) is 12.4 Å². The van der Waals surface area contributed by atoms with Gasteiger partial charge in [0.15, 0.2) is 0 Å². The molecule has 0 aliphatic rings. The lowest BCUT2D eigenvalue weighted by Crippen LogP contribution is -2.30. The van der Waals surface area contributed by atoms with Gasteiger partial charge in [-0.25, -0.2) is 0 Å². The summed E-state index contributed by atoms with van der Waals surface area (Å²) in [4.78, 5) is 12.2. The van der Waals surface area contributed by atoms with E-state index in [0.717, 1.165) is 24.2 Å². The first-order chi connectivity index (χ1) is 9.12. The molecule has 1 N–H and O–H groups in total. The minimum atomic E-state index is -0.0668. The monoisotopic (exact) mass is 283 g/mol. The van der Waals surface area contributed by atoms with Crippen molar-refractivity contribution in [1.29, 1.82) is 0 Å². The number of carbonyl (C=O) groups excluding carboxylic acids is 1. The van der Waals surface area contributed by atoms with Crippen LogP contribution in [0.3, 0.4) is 0 Å². The van der Waals surface area contributed by atoms with Crippen molar-refractivity contribution in [3.8, 4) is 0 Å². The second kappa shape index (κ2) is 8.10. The SMILES string of the molecule is CCc1nnc(C)cc1C(=O)NCC(CC)CCCl. The maximum Gasteiger partial charge on any atom is 0.253 e. The van der Waals surface area contributed by atoms with Crippen molar-refractivity contribution in [3.63, 3.8) is 0 Å². The van der Waals surface area contributed by atoms with E-state index in [2.05, 4.69) is 22.4 Å². The van der Waals surface area contributed by atoms with Crippen LogP contribution in [0.15, 0.2) is 6.07 Å². The number of hydrogen-bond acceptors (Lipinski definition) is 3. The van der Waals surface area contributed by atoms with Crippen LogP contribution >= 0.6 is 11.6 Å². The van der Waals surface area contributed by atoms with Gasteiger partial charge >= 0.3 is 0 Å². The van der Waals surface area contributed by atoms with Crippen LogP contribution in [0.2, 0.25) is 0 Å². The van der Waals surface area contributed by atoms with Crippen LogP contribution in [-0.2, 0) is 6.42 Å². The molecular formula is C14H22ClN3O. The van der Waals surface area contributed by atoms with Gasteiger partial charge in [-0.05, 0) is 31.7 Å². The molecule has 1 rings (SSSR count). The van der Waals surface area contributed by atoms with E-state index >= 15 is 0 Å². The van der Waals surface area contributed by atoms with Crippen LogP contribution < -0.4 is 5.32 Å². The Kier molecular flexibility index (Phi) is 6.78. The topological polar surface area (TPSA) is 54.9 Å². The van der Waals surface area contributed by atoms with Crippen molar-refractivity contribution < 1.29 is 4.79 Å². The molecule has 1 aromatic rings. The second-order valence-corrected chi connectivity index (χ2v) is 5.04. The lowest BCUT2D eigenvalue weighted by Gasteiger charge is -2.15. The fraction of sp³-hybridized carbons (Fsp3) is 0.643. The first-order valence-corrected chi connectivity index (χ1v) is 7.33. The summed E-state index contributed by atoms with van der Waals surface area (Å²) < 4.78 is 0. The number of nitrogens with zero attached hydrogens (tertiary/aromatic N) is 2. The molecule has 1 amide bonds. The molecule has 1 atom stereocenters. The van der Waals surface area contributed by atoms with Crippen LogP contribution in [0.25, 0.3) is 0 Å². The number of nitrogens with one attached hydrogen (secondary N) is 1. The number of amides is 1. The first kappa shape index (κ1) is 15.9. The maximum absolute atomic E-state index is 12.2. The Bertz CT molecular complexity index is 423. The van der Waals surface area contributed by atoms with E-state index in [4.69, 9.17) is 11.6 Å². The molecule has 0 saturated carbocycles. The van der Waals surface area contributed by atoms with Gasteiger partial charge in [-0.2, -0.15) is 10.2 Å². The van der Waals surface area contributed by atoms with Gasteiger partial charge in [0, 0.05) is 12.4 Å². The largest absolute Gasteiger partial charge is 0.352 e. The van der Waals surface area contributed by atoms with Crippen LogP contribution in [0.1, 0.15) is 48.4 Å². The highest BCUT2D eigenvalue weighted by atomic mass is 35.5. The maximum atomic E-state index is 12.2. The molecule has 1 heterocycles. The van der Waals surface area contributed by atoms with Gasteiger partial charge in [-0.15, -0.1) is 11.6 Å². The van der Waals surface area contributed by atoms with Crippen molar-refractivity contribution in [2.45, 2.75) is 40.0 Å². The summed E-state index contributed by atoms with van der Waals surface area (Å²) in [6.45, 7) is 6.58. The number of alkyl halides is 1. The van der Waals surface area contributed by atoms with Crippen molar-refractivity contribution in [3.05, 3.63) is 23.0 Å². The lowest BCUT2D eigenvalue weighted by atomic mass is 10.0. The highest BCUT2D eigenvalue weighted by molar-refractivity contribution is 6.17. The summed E-state index contributed by atoms with van der Waals surface area (Å²) in [5, 5.41) is 11.0. The molecule has 0 aliphatic carbocycles. The zero-order chi connectivity index (χ0) is 14.3. The standard InChI is InChI=1S/C14H22ClN3O/c1-4-11(6-7-15)9-16-14(19)12-8-10(3)17-18-13(12)5-2/h8,11H,4-7,9H2,1-3H3,(H,16,19). The van der Waals surface area contributed by atoms with Gasteiger partial charge < -0.3 is 5.32 Å². The number of hydrogen-bond donors (Lipinski definition) is 1. The summed E-state index contributed by atoms with van der Waals surface area (Å²) in [5.41, 5.74) is 2.14. The van der Waals surface area contributed by atoms with E-state index < -0.39 is 0 Å². The molecule has 5 heteroatoms. The normalized spacial score (nSPS) is 12.2. The fourth-order valence-electron chi connectivity index (χ4n) is 1.91. The van der Waals surface area contributed by atoms with Crippen LogP contribution in [0, 0.1) is 12.8 Å². The Hall–Kier alpha value is -1.16. The van der Waals surface area contributed by atoms with Gasteiger partial charge in [-0.1, -0.05) is 20.3 Å². The highest BCUT2D eigenvalue weighted by Crippen LogP contribution is 2.10. The van der Waals surface area contributed by atoms with Crippen molar-refractivity contribution in [2.24, 2.45) is 5.92 Å². The lowest BCUT2D eigenvalue weighted by molar-refractivity contribution is 0.0944. The molecule has 0 spiro atoms. The molecule has 0 aliphatic heterocycles. The summed E-state index contributed by atoms with van der Waals surface area (Å²) >= 11 is 5.74. The number of halogens is 1. The molecule has 1 unspecified atom stereocenters. The second-order valence-electron chi connectivity index (χ2n) is 4.66. The average molecular weight is 284 g/mol. The van der Waals surface area contributed by atoms with E-state index in [-0.39, 0.29) is 5.91 Å². The average Bonchev–Trinajstić information content (AvgIpc) is 2.43. The van der Waals surface area contributed by atoms with E-state index in [1.165, 1.54) is 0 Å². The van der Waals surface area contributed by atoms with Crippen LogP contribution in [0.5, 0.6) is 0 Å². The quantitative estimate of drug-likeness (QED) is 0.783. The predicted molar refractivity (Wildman–Crippen MR) is 77.6 cm³/mol. The molecule has 19 heavy (non-hydrogen) atoms. The molecule has 0 bridgehead atoms. The van der Waals surface area contributed by atoms with Crippen molar-refractivity contribution in [1.82, 2.24) is 15.5 Å². The number of aromatic nitrogens is 2. The number of aryl methyl sites for hydroxylation is 2. The predicted octanol–water partition coefficient (Wildman–Crippen LogP) is 2.73. The van der Waals surface area contributed by atoms with Gasteiger partial charge in [-0.3, -0.25) is 4.79 Å². The molecule has 0 radical (unpaired) electrons. The Morgan fingerprint density at radius 1 is 1.42 bits per heavy atom. The molecule has 1 aromatic heterocycles. The highest BCUT2D eigenvalue weighted by Gasteiger charge is 2.14. The zero-order valence-corrected chi connectivity index (χ0v) is 12.6. The first-order valence-electron chi connectivity index (χ1n) is 6.79. The zero-order valence-electron chi connectivity index (χ0n) is 11.9. The minimum Gasteiger partial charge on any atom is -0.352 e. The summed E-state index contributed by atoms with van der Waals surface area (Å²) in [5.74, 6) is 0.995. The van der Waals surface area contributed by atoms with E-state index in [0.29, 0.717) is 30.3 Å². The third-order valence-corrected chi connectivity index (χ3v) is 3.44. The van der Waals surface area contributed by atoms with E-state index in [9.17, 15) is 4.79 Å². The van der Waals surface area contributed by atoms with Gasteiger partial charge in [0.05, 0.1) is 17.0 Å². The molecule has 4 nitrogen and oxygen atoms in total. The Morgan fingerprint density at radius 2 is 2.16 bits per heavy atom. The Balaban J connectivity index is 2.69. The van der Waals surface area contributed by atoms with Gasteiger partial charge in [0.2, 0.25) is 0 Å². The molecule has 0 fully saturated rings. The fourth-order valence-corrected chi connectivity index (χ4v) is 2.22. The van der Waals surface area contributed by atoms with E-state index in [1.807, 2.05) is 13.8 Å². The van der Waals surface area contributed by atoms with Crippen LogP contribution in [0.4, 0.5) is 0 Å². The smallest absolute Gasteiger partial charge is 0.253 e. The van der Waals surface area contributed by atoms with Crippen molar-refractivity contribution >= 4 is 17.5 Å². The minimum absolute atomic E-state index is 0.0668. The van der Waals surface area contributed by atoms with Gasteiger partial charge in [0.1, 0.15) is 0 Å². The van der Waals surface area contributed by atoms with Crippen LogP contribution in [-0.4, -0.2) is 28.5 Å². The summed E-state index contributed by atoms with van der Waals surface area (Å²) in [6, 6.07) is 1.80. The third kappa shape index (κ3) is 4.78. The van der Waals surface area contributed by atoms with Gasteiger partial charge in [0.25, 0.3) is 5.91 Å². The summed E-state index contributed by atoms with van der Waals surface area (Å²) in [7, 11) is 0. The molecule has 0 saturated heterocycles. The number of carbonyl (C=O) groups is 1. The molecule has 0 aromatic carbocycles. The number of rotatable bonds is 7.